The highest BCUT2D eigenvalue weighted by Gasteiger charge is 2.30. The van der Waals surface area contributed by atoms with Crippen molar-refractivity contribution in [1.82, 2.24) is 14.9 Å². The molecule has 0 fully saturated rings. The number of amides is 2. The maximum atomic E-state index is 12.8. The topological polar surface area (TPSA) is 154 Å². The molecule has 1 aliphatic rings. The predicted octanol–water partition coefficient (Wildman–Crippen LogP) is 2.02. The minimum atomic E-state index is -3.92. The fourth-order valence-corrected chi connectivity index (χ4v) is 5.24. The van der Waals surface area contributed by atoms with Gasteiger partial charge in [-0.15, -0.1) is 0 Å². The first-order valence-electron chi connectivity index (χ1n) is 13.2. The Morgan fingerprint density at radius 1 is 1.05 bits per heavy atom. The first-order valence-corrected chi connectivity index (χ1v) is 14.7. The zero-order valence-electron chi connectivity index (χ0n) is 23.5. The molecule has 0 bridgehead atoms. The summed E-state index contributed by atoms with van der Waals surface area (Å²) in [6.45, 7) is 1.46. The van der Waals surface area contributed by atoms with Crippen LogP contribution in [0.5, 0.6) is 0 Å². The fraction of sp³-hybridized carbons (Fsp3) is 0.226. The largest absolute Gasteiger partial charge is 0.480 e. The molecule has 0 aromatic heterocycles. The van der Waals surface area contributed by atoms with Gasteiger partial charge in [0.05, 0.1) is 18.0 Å². The van der Waals surface area contributed by atoms with Gasteiger partial charge in [0.1, 0.15) is 6.04 Å². The lowest BCUT2D eigenvalue weighted by molar-refractivity contribution is -0.141. The molecule has 1 aliphatic heterocycles. The number of hydrogen-bond acceptors (Lipinski definition) is 7. The number of aliphatic carboxylic acids is 1. The third-order valence-corrected chi connectivity index (χ3v) is 8.27. The Labute approximate surface area is 249 Å². The number of carboxylic acid groups (broad SMARTS) is 1. The number of rotatable bonds is 10. The summed E-state index contributed by atoms with van der Waals surface area (Å²) in [6.07, 6.45) is -0.797. The average molecular weight is 603 g/mol. The van der Waals surface area contributed by atoms with Crippen molar-refractivity contribution < 1.29 is 32.6 Å². The number of hydrogen-bond donors (Lipinski definition) is 3. The number of carbonyl (C=O) groups is 3. The normalized spacial score (nSPS) is 15.1. The maximum Gasteiger partial charge on any atom is 0.326 e. The number of carboxylic acids is 1. The SMILES string of the molecule is Cc1ccc(S(=O)(=O)N(C)CC(=O)N[C@@H](Cc2ccc(C#CCNC3=NC(=O)C(c4ccccc4)O3)cc2)C(=O)O)cc1. The van der Waals surface area contributed by atoms with E-state index in [-0.39, 0.29) is 23.9 Å². The second-order valence-corrected chi connectivity index (χ2v) is 11.8. The molecule has 0 saturated heterocycles. The molecule has 222 valence electrons. The van der Waals surface area contributed by atoms with E-state index in [0.717, 1.165) is 9.87 Å². The van der Waals surface area contributed by atoms with Crippen LogP contribution in [0.2, 0.25) is 0 Å². The van der Waals surface area contributed by atoms with Crippen LogP contribution in [0.25, 0.3) is 0 Å². The van der Waals surface area contributed by atoms with Gasteiger partial charge in [0.2, 0.25) is 22.0 Å². The number of ether oxygens (including phenoxy) is 1. The van der Waals surface area contributed by atoms with Crippen LogP contribution in [0.3, 0.4) is 0 Å². The van der Waals surface area contributed by atoms with Gasteiger partial charge >= 0.3 is 5.97 Å². The summed E-state index contributed by atoms with van der Waals surface area (Å²) in [5, 5.41) is 14.9. The van der Waals surface area contributed by atoms with E-state index in [0.29, 0.717) is 16.7 Å². The molecule has 1 heterocycles. The first kappa shape index (κ1) is 31.0. The number of benzene rings is 3. The molecule has 43 heavy (non-hydrogen) atoms. The van der Waals surface area contributed by atoms with Crippen LogP contribution in [0.1, 0.15) is 28.4 Å². The van der Waals surface area contributed by atoms with Gasteiger partial charge in [0, 0.05) is 24.6 Å². The number of likely N-dealkylation sites (N-methyl/N-ethyl adjacent to an activating group) is 1. The third-order valence-electron chi connectivity index (χ3n) is 6.45. The number of carbonyl (C=O) groups excluding carboxylic acids is 2. The van der Waals surface area contributed by atoms with E-state index in [1.165, 1.54) is 19.2 Å². The summed E-state index contributed by atoms with van der Waals surface area (Å²) in [5.41, 5.74) is 2.90. The van der Waals surface area contributed by atoms with Gasteiger partial charge in [-0.1, -0.05) is 72.0 Å². The summed E-state index contributed by atoms with van der Waals surface area (Å²) in [6, 6.07) is 20.9. The third kappa shape index (κ3) is 8.28. The van der Waals surface area contributed by atoms with E-state index in [2.05, 4.69) is 27.5 Å². The lowest BCUT2D eigenvalue weighted by Gasteiger charge is -2.19. The van der Waals surface area contributed by atoms with Crippen molar-refractivity contribution in [1.29, 1.82) is 0 Å². The molecule has 3 aromatic carbocycles. The smallest absolute Gasteiger partial charge is 0.326 e. The summed E-state index contributed by atoms with van der Waals surface area (Å²) in [7, 11) is -2.66. The summed E-state index contributed by atoms with van der Waals surface area (Å²) in [4.78, 5) is 40.4. The van der Waals surface area contributed by atoms with Crippen LogP contribution in [0.4, 0.5) is 0 Å². The van der Waals surface area contributed by atoms with E-state index in [1.54, 1.807) is 48.5 Å². The number of aryl methyl sites for hydroxylation is 1. The average Bonchev–Trinajstić information content (AvgIpc) is 3.36. The van der Waals surface area contributed by atoms with Crippen molar-refractivity contribution in [2.75, 3.05) is 20.1 Å². The summed E-state index contributed by atoms with van der Waals surface area (Å²) >= 11 is 0. The first-order chi connectivity index (χ1) is 20.5. The highest BCUT2D eigenvalue weighted by molar-refractivity contribution is 7.89. The van der Waals surface area contributed by atoms with Gasteiger partial charge < -0.3 is 20.5 Å². The van der Waals surface area contributed by atoms with Crippen molar-refractivity contribution in [2.45, 2.75) is 30.4 Å². The molecule has 3 N–H and O–H groups in total. The molecule has 2 atom stereocenters. The van der Waals surface area contributed by atoms with Crippen molar-refractivity contribution in [3.8, 4) is 11.8 Å². The van der Waals surface area contributed by atoms with E-state index >= 15 is 0 Å². The molecule has 3 aromatic rings. The molecule has 4 rings (SSSR count). The van der Waals surface area contributed by atoms with Crippen molar-refractivity contribution in [3.63, 3.8) is 0 Å². The highest BCUT2D eigenvalue weighted by atomic mass is 32.2. The molecule has 12 heteroatoms. The minimum absolute atomic E-state index is 0.0153. The Balaban J connectivity index is 1.27. The van der Waals surface area contributed by atoms with Crippen LogP contribution < -0.4 is 10.6 Å². The van der Waals surface area contributed by atoms with Gasteiger partial charge in [-0.3, -0.25) is 9.59 Å². The van der Waals surface area contributed by atoms with Crippen LogP contribution >= 0.6 is 0 Å². The Kier molecular flexibility index (Phi) is 9.92. The molecular weight excluding hydrogens is 572 g/mol. The van der Waals surface area contributed by atoms with Crippen LogP contribution in [0.15, 0.2) is 88.8 Å². The molecule has 2 amide bonds. The number of nitrogens with zero attached hydrogens (tertiary/aromatic N) is 2. The molecule has 0 aliphatic carbocycles. The van der Waals surface area contributed by atoms with Gasteiger partial charge in [-0.25, -0.2) is 13.2 Å². The number of nitrogens with one attached hydrogen (secondary N) is 2. The van der Waals surface area contributed by atoms with Crippen LogP contribution in [-0.2, 0) is 35.6 Å². The zero-order valence-corrected chi connectivity index (χ0v) is 24.3. The minimum Gasteiger partial charge on any atom is -0.480 e. The van der Waals surface area contributed by atoms with Gasteiger partial charge in [0.25, 0.3) is 11.9 Å². The van der Waals surface area contributed by atoms with E-state index in [1.807, 2.05) is 25.1 Å². The highest BCUT2D eigenvalue weighted by Crippen LogP contribution is 2.23. The zero-order chi connectivity index (χ0) is 31.0. The van der Waals surface area contributed by atoms with E-state index in [4.69, 9.17) is 4.74 Å². The number of aliphatic imine (C=N–C) groups is 1. The van der Waals surface area contributed by atoms with Crippen molar-refractivity contribution in [2.24, 2.45) is 4.99 Å². The fourth-order valence-electron chi connectivity index (χ4n) is 4.11. The predicted molar refractivity (Wildman–Crippen MR) is 158 cm³/mol. The molecule has 0 spiro atoms. The second kappa shape index (κ2) is 13.8. The Hall–Kier alpha value is -4.99. The summed E-state index contributed by atoms with van der Waals surface area (Å²) < 4.78 is 32.0. The maximum absolute atomic E-state index is 12.8. The van der Waals surface area contributed by atoms with E-state index < -0.39 is 46.5 Å². The van der Waals surface area contributed by atoms with Gasteiger partial charge in [-0.2, -0.15) is 9.30 Å². The quantitative estimate of drug-likeness (QED) is 0.298. The molecule has 11 nitrogen and oxygen atoms in total. The second-order valence-electron chi connectivity index (χ2n) is 9.75. The van der Waals surface area contributed by atoms with Gasteiger partial charge in [-0.05, 0) is 36.8 Å². The lowest BCUT2D eigenvalue weighted by atomic mass is 10.0. The molecular formula is C31H30N4O7S. The Morgan fingerprint density at radius 3 is 2.37 bits per heavy atom. The van der Waals surface area contributed by atoms with Gasteiger partial charge in [0.15, 0.2) is 0 Å². The van der Waals surface area contributed by atoms with Crippen molar-refractivity contribution in [3.05, 3.63) is 101 Å². The summed E-state index contributed by atoms with van der Waals surface area (Å²) in [5.74, 6) is 3.47. The monoisotopic (exact) mass is 602 g/mol. The molecule has 0 saturated carbocycles. The molecule has 0 radical (unpaired) electrons. The lowest BCUT2D eigenvalue weighted by Crippen LogP contribution is -2.46. The van der Waals surface area contributed by atoms with Crippen molar-refractivity contribution >= 4 is 33.8 Å². The Bertz CT molecular complexity index is 1680. The number of amidine groups is 1. The van der Waals surface area contributed by atoms with Crippen LogP contribution in [0, 0.1) is 18.8 Å². The Morgan fingerprint density at radius 2 is 1.72 bits per heavy atom. The van der Waals surface area contributed by atoms with E-state index in [9.17, 15) is 27.9 Å². The number of sulfonamides is 1. The van der Waals surface area contributed by atoms with Crippen LogP contribution in [-0.4, -0.2) is 67.8 Å². The standard InChI is InChI=1S/C31H30N4O7S/c1-21-10-16-25(17-11-21)43(40,41)35(2)20-27(36)33-26(30(38)39)19-23-14-12-22(13-15-23)7-6-18-32-31-34-29(37)28(42-31)24-8-4-3-5-9-24/h3-5,8-17,26,28H,18-20H2,1-2H3,(H,33,36)(H,38,39)(H,32,34,37)/t26-,28?/m0/s1. The molecule has 1 unspecified atom stereocenters.